The first-order valence-electron chi connectivity index (χ1n) is 11.8. The number of rotatable bonds is 5. The van der Waals surface area contributed by atoms with Crippen molar-refractivity contribution in [2.75, 3.05) is 11.5 Å². The Labute approximate surface area is 204 Å². The van der Waals surface area contributed by atoms with Crippen LogP contribution in [-0.2, 0) is 20.9 Å². The molecule has 2 fully saturated rings. The Morgan fingerprint density at radius 3 is 2.09 bits per heavy atom. The number of hydrogen-bond acceptors (Lipinski definition) is 5. The second-order valence-corrected chi connectivity index (χ2v) is 8.80. The van der Waals surface area contributed by atoms with Crippen molar-refractivity contribution in [3.05, 3.63) is 102 Å². The summed E-state index contributed by atoms with van der Waals surface area (Å²) < 4.78 is 5.39. The molecule has 0 spiro atoms. The molecular formula is C28H27N3O4. The molecular weight excluding hydrogens is 442 g/mol. The highest BCUT2D eigenvalue weighted by Crippen LogP contribution is 2.48. The Kier molecular flexibility index (Phi) is 6.09. The number of nitrogens with zero attached hydrogens (tertiary/aromatic N) is 3. The molecule has 0 saturated carbocycles. The van der Waals surface area contributed by atoms with Crippen molar-refractivity contribution in [1.82, 2.24) is 10.0 Å². The zero-order valence-electron chi connectivity index (χ0n) is 19.7. The Bertz CT molecular complexity index is 1230. The van der Waals surface area contributed by atoms with Crippen LogP contribution in [0, 0.1) is 12.8 Å². The molecule has 3 aromatic carbocycles. The first kappa shape index (κ1) is 22.8. The smallest absolute Gasteiger partial charge is 0.425 e. The van der Waals surface area contributed by atoms with Crippen molar-refractivity contribution in [1.29, 1.82) is 0 Å². The van der Waals surface area contributed by atoms with Crippen LogP contribution in [0.2, 0.25) is 0 Å². The second-order valence-electron chi connectivity index (χ2n) is 8.80. The second kappa shape index (κ2) is 9.35. The highest BCUT2D eigenvalue weighted by atomic mass is 16.6. The third kappa shape index (κ3) is 3.98. The molecule has 0 N–H and O–H groups in total. The van der Waals surface area contributed by atoms with Gasteiger partial charge in [0.05, 0.1) is 24.3 Å². The number of hydrazine groups is 1. The number of hydrogen-bond donors (Lipinski definition) is 0. The summed E-state index contributed by atoms with van der Waals surface area (Å²) in [6, 6.07) is 25.0. The number of amides is 3. The zero-order valence-corrected chi connectivity index (χ0v) is 19.7. The molecule has 7 nitrogen and oxygen atoms in total. The van der Waals surface area contributed by atoms with Crippen LogP contribution >= 0.6 is 0 Å². The zero-order chi connectivity index (χ0) is 24.5. The lowest BCUT2D eigenvalue weighted by molar-refractivity contribution is -0.127. The molecule has 0 aliphatic carbocycles. The summed E-state index contributed by atoms with van der Waals surface area (Å²) in [5, 5.41) is 3.19. The van der Waals surface area contributed by atoms with Crippen LogP contribution < -0.4 is 4.90 Å². The van der Waals surface area contributed by atoms with E-state index in [1.54, 1.807) is 19.1 Å². The van der Waals surface area contributed by atoms with Crippen LogP contribution in [0.5, 0.6) is 0 Å². The average Bonchev–Trinajstić information content (AvgIpc) is 3.33. The van der Waals surface area contributed by atoms with E-state index in [1.807, 2.05) is 84.7 Å². The molecule has 7 heteroatoms. The van der Waals surface area contributed by atoms with Crippen LogP contribution in [-0.4, -0.2) is 40.6 Å². The maximum Gasteiger partial charge on any atom is 0.425 e. The van der Waals surface area contributed by atoms with Gasteiger partial charge in [0.2, 0.25) is 5.91 Å². The van der Waals surface area contributed by atoms with Gasteiger partial charge in [0.15, 0.2) is 0 Å². The standard InChI is InChI=1S/C28H27N3O4/c1-3-35-28(34)31-25-23(26(32)30(27(25)33)22-16-14-19(2)15-17-22)24(21-12-8-5-9-13-21)29(31)18-20-10-6-4-7-11-20/h4-17,23-25H,3,18H2,1-2H3/t23-,24-,25+/m1/s1. The van der Waals surface area contributed by atoms with Gasteiger partial charge in [-0.2, -0.15) is 0 Å². The van der Waals surface area contributed by atoms with Gasteiger partial charge in [0, 0.05) is 6.54 Å². The van der Waals surface area contributed by atoms with Gasteiger partial charge in [-0.25, -0.2) is 19.7 Å². The van der Waals surface area contributed by atoms with Crippen LogP contribution in [0.3, 0.4) is 0 Å². The predicted octanol–water partition coefficient (Wildman–Crippen LogP) is 4.48. The summed E-state index contributed by atoms with van der Waals surface area (Å²) in [4.78, 5) is 42.2. The lowest BCUT2D eigenvalue weighted by Gasteiger charge is -2.34. The third-order valence-corrected chi connectivity index (χ3v) is 6.60. The van der Waals surface area contributed by atoms with Crippen molar-refractivity contribution in [2.24, 2.45) is 5.92 Å². The number of anilines is 1. The van der Waals surface area contributed by atoms with Crippen LogP contribution in [0.25, 0.3) is 0 Å². The molecule has 35 heavy (non-hydrogen) atoms. The quantitative estimate of drug-likeness (QED) is 0.515. The van der Waals surface area contributed by atoms with Gasteiger partial charge in [-0.05, 0) is 37.1 Å². The lowest BCUT2D eigenvalue weighted by atomic mass is 9.90. The maximum atomic E-state index is 13.9. The summed E-state index contributed by atoms with van der Waals surface area (Å²) >= 11 is 0. The summed E-state index contributed by atoms with van der Waals surface area (Å²) in [7, 11) is 0. The largest absolute Gasteiger partial charge is 0.449 e. The molecule has 178 valence electrons. The average molecular weight is 470 g/mol. The number of imide groups is 1. The fourth-order valence-corrected chi connectivity index (χ4v) is 5.05. The molecule has 3 atom stereocenters. The highest BCUT2D eigenvalue weighted by molar-refractivity contribution is 6.24. The number of benzene rings is 3. The van der Waals surface area contributed by atoms with E-state index in [2.05, 4.69) is 0 Å². The number of carbonyl (C=O) groups is 3. The molecule has 2 saturated heterocycles. The minimum atomic E-state index is -0.989. The van der Waals surface area contributed by atoms with E-state index in [0.717, 1.165) is 16.7 Å². The molecule has 2 aliphatic heterocycles. The summed E-state index contributed by atoms with van der Waals surface area (Å²) in [6.07, 6.45) is -0.635. The van der Waals surface area contributed by atoms with Gasteiger partial charge >= 0.3 is 6.09 Å². The predicted molar refractivity (Wildman–Crippen MR) is 131 cm³/mol. The van der Waals surface area contributed by atoms with Crippen molar-refractivity contribution in [2.45, 2.75) is 32.5 Å². The Morgan fingerprint density at radius 2 is 1.46 bits per heavy atom. The van der Waals surface area contributed by atoms with Crippen molar-refractivity contribution in [3.63, 3.8) is 0 Å². The van der Waals surface area contributed by atoms with E-state index < -0.39 is 30.0 Å². The molecule has 0 aromatic heterocycles. The Balaban J connectivity index is 1.63. The Hall–Kier alpha value is -3.97. The maximum absolute atomic E-state index is 13.9. The number of carbonyl (C=O) groups excluding carboxylic acids is 3. The van der Waals surface area contributed by atoms with E-state index in [4.69, 9.17) is 4.74 Å². The van der Waals surface area contributed by atoms with Gasteiger partial charge in [0.1, 0.15) is 6.04 Å². The number of aryl methyl sites for hydroxylation is 1. The van der Waals surface area contributed by atoms with E-state index in [1.165, 1.54) is 9.91 Å². The summed E-state index contributed by atoms with van der Waals surface area (Å²) in [5.74, 6) is -1.50. The number of fused-ring (bicyclic) bond motifs is 1. The van der Waals surface area contributed by atoms with Gasteiger partial charge in [0.25, 0.3) is 5.91 Å². The van der Waals surface area contributed by atoms with Gasteiger partial charge < -0.3 is 4.74 Å². The first-order chi connectivity index (χ1) is 17.0. The third-order valence-electron chi connectivity index (χ3n) is 6.60. The van der Waals surface area contributed by atoms with Crippen LogP contribution in [0.1, 0.15) is 29.7 Å². The fourth-order valence-electron chi connectivity index (χ4n) is 5.05. The lowest BCUT2D eigenvalue weighted by Crippen LogP contribution is -2.50. The Morgan fingerprint density at radius 1 is 0.829 bits per heavy atom. The molecule has 5 rings (SSSR count). The molecule has 0 radical (unpaired) electrons. The summed E-state index contributed by atoms with van der Waals surface area (Å²) in [5.41, 5.74) is 3.35. The van der Waals surface area contributed by atoms with E-state index in [-0.39, 0.29) is 12.5 Å². The van der Waals surface area contributed by atoms with Gasteiger partial charge in [-0.3, -0.25) is 9.59 Å². The molecule has 2 heterocycles. The van der Waals surface area contributed by atoms with E-state index in [9.17, 15) is 14.4 Å². The van der Waals surface area contributed by atoms with Gasteiger partial charge in [-0.15, -0.1) is 0 Å². The minimum absolute atomic E-state index is 0.158. The molecule has 0 unspecified atom stereocenters. The molecule has 0 bridgehead atoms. The summed E-state index contributed by atoms with van der Waals surface area (Å²) in [6.45, 7) is 4.17. The molecule has 2 aliphatic rings. The van der Waals surface area contributed by atoms with Crippen molar-refractivity contribution < 1.29 is 19.1 Å². The monoisotopic (exact) mass is 469 g/mol. The topological polar surface area (TPSA) is 70.2 Å². The van der Waals surface area contributed by atoms with Crippen LogP contribution in [0.4, 0.5) is 10.5 Å². The molecule has 3 aromatic rings. The van der Waals surface area contributed by atoms with Crippen molar-refractivity contribution in [3.8, 4) is 0 Å². The normalized spacial score (nSPS) is 21.9. The SMILES string of the molecule is CCOC(=O)N1[C@@H]2C(=O)N(c3ccc(C)cc3)C(=O)[C@@H]2[C@@H](c2ccccc2)N1Cc1ccccc1. The van der Waals surface area contributed by atoms with Crippen LogP contribution in [0.15, 0.2) is 84.9 Å². The van der Waals surface area contributed by atoms with E-state index >= 15 is 0 Å². The van der Waals surface area contributed by atoms with E-state index in [0.29, 0.717) is 12.2 Å². The molecule has 3 amide bonds. The first-order valence-corrected chi connectivity index (χ1v) is 11.8. The highest BCUT2D eigenvalue weighted by Gasteiger charge is 2.64. The van der Waals surface area contributed by atoms with Crippen molar-refractivity contribution >= 4 is 23.6 Å². The van der Waals surface area contributed by atoms with Gasteiger partial charge in [-0.1, -0.05) is 78.4 Å². The fraction of sp³-hybridized carbons (Fsp3) is 0.250. The number of ether oxygens (including phenoxy) is 1. The minimum Gasteiger partial charge on any atom is -0.449 e.